The fourth-order valence-electron chi connectivity index (χ4n) is 7.58. The number of benzene rings is 8. The van der Waals surface area contributed by atoms with Gasteiger partial charge in [0.15, 0.2) is 0 Å². The molecule has 0 spiro atoms. The Bertz CT molecular complexity index is 2910. The molecular formula is C49H32N2O. The van der Waals surface area contributed by atoms with Gasteiger partial charge >= 0.3 is 0 Å². The molecule has 2 heterocycles. The smallest absolute Gasteiger partial charge is 0.227 e. The lowest BCUT2D eigenvalue weighted by molar-refractivity contribution is 0.654. The predicted octanol–water partition coefficient (Wildman–Crippen LogP) is 13.8. The van der Waals surface area contributed by atoms with E-state index in [1.807, 2.05) is 6.20 Å². The average Bonchev–Trinajstić information content (AvgIpc) is 3.57. The van der Waals surface area contributed by atoms with Gasteiger partial charge in [-0.25, -0.2) is 4.98 Å². The van der Waals surface area contributed by atoms with Gasteiger partial charge in [-0.3, -0.25) is 0 Å². The minimum Gasteiger partial charge on any atom is -0.438 e. The number of rotatable bonds is 6. The second-order valence-electron chi connectivity index (χ2n) is 13.2. The molecule has 0 fully saturated rings. The van der Waals surface area contributed by atoms with Gasteiger partial charge in [-0.1, -0.05) is 146 Å². The summed E-state index contributed by atoms with van der Waals surface area (Å²) in [5, 5.41) is 6.79. The molecule has 52 heavy (non-hydrogen) atoms. The first-order valence-electron chi connectivity index (χ1n) is 17.6. The topological polar surface area (TPSA) is 29.3 Å². The normalized spacial score (nSPS) is 11.5. The van der Waals surface area contributed by atoms with E-state index in [1.54, 1.807) is 0 Å². The molecule has 244 valence electrons. The van der Waals surface area contributed by atoms with Crippen LogP contribution in [0.3, 0.4) is 0 Å². The lowest BCUT2D eigenvalue weighted by Crippen LogP contribution is -2.11. The second-order valence-corrected chi connectivity index (χ2v) is 13.2. The molecule has 0 bridgehead atoms. The number of pyridine rings is 1. The van der Waals surface area contributed by atoms with Gasteiger partial charge in [-0.15, -0.1) is 0 Å². The molecule has 3 nitrogen and oxygen atoms in total. The largest absolute Gasteiger partial charge is 0.438 e. The van der Waals surface area contributed by atoms with Gasteiger partial charge in [0.1, 0.15) is 5.58 Å². The average molecular weight is 665 g/mol. The maximum absolute atomic E-state index is 6.34. The third-order valence-electron chi connectivity index (χ3n) is 10.1. The number of fused-ring (bicyclic) bond motifs is 5. The van der Waals surface area contributed by atoms with Crippen molar-refractivity contribution in [3.63, 3.8) is 0 Å². The highest BCUT2D eigenvalue weighted by Crippen LogP contribution is 2.44. The van der Waals surface area contributed by atoms with E-state index in [4.69, 9.17) is 9.40 Å². The molecule has 0 N–H and O–H groups in total. The summed E-state index contributed by atoms with van der Waals surface area (Å²) in [6.45, 7) is 0. The molecule has 0 aliphatic rings. The number of hydrogen-bond acceptors (Lipinski definition) is 3. The maximum atomic E-state index is 6.34. The van der Waals surface area contributed by atoms with Crippen molar-refractivity contribution in [2.75, 3.05) is 4.90 Å². The minimum atomic E-state index is 0.628. The zero-order valence-electron chi connectivity index (χ0n) is 28.3. The van der Waals surface area contributed by atoms with E-state index in [1.165, 1.54) is 44.0 Å². The van der Waals surface area contributed by atoms with E-state index in [0.29, 0.717) is 5.71 Å². The summed E-state index contributed by atoms with van der Waals surface area (Å²) in [5.74, 6) is 0. The monoisotopic (exact) mass is 664 g/mol. The van der Waals surface area contributed by atoms with Crippen LogP contribution < -0.4 is 4.90 Å². The van der Waals surface area contributed by atoms with Gasteiger partial charge in [0, 0.05) is 16.8 Å². The summed E-state index contributed by atoms with van der Waals surface area (Å²) in [6, 6.07) is 67.0. The summed E-state index contributed by atoms with van der Waals surface area (Å²) in [6.07, 6.45) is 1.93. The first-order chi connectivity index (χ1) is 25.8. The third kappa shape index (κ3) is 5.19. The molecule has 0 saturated heterocycles. The fourth-order valence-corrected chi connectivity index (χ4v) is 7.58. The van der Waals surface area contributed by atoms with Crippen LogP contribution >= 0.6 is 0 Å². The highest BCUT2D eigenvalue weighted by molar-refractivity contribution is 6.10. The standard InChI is InChI=1S/C49H32N2O/c1-3-13-33(14-4-1)36-21-11-22-39(27-36)51(41-31-47-46-28-37-18-7-8-19-38(37)29-48(46)52-49(47)50-32-41)40-25-26-43(34-15-5-2-6-16-34)45(30-40)44-24-12-20-35-17-9-10-23-42(35)44/h1-32H. The zero-order chi connectivity index (χ0) is 34.4. The van der Waals surface area contributed by atoms with E-state index in [9.17, 15) is 0 Å². The van der Waals surface area contributed by atoms with Crippen LogP contribution in [0.4, 0.5) is 17.1 Å². The zero-order valence-corrected chi connectivity index (χ0v) is 28.3. The van der Waals surface area contributed by atoms with Crippen molar-refractivity contribution in [3.05, 3.63) is 194 Å². The molecule has 3 heteroatoms. The van der Waals surface area contributed by atoms with E-state index in [-0.39, 0.29) is 0 Å². The van der Waals surface area contributed by atoms with Crippen LogP contribution in [0, 0.1) is 0 Å². The molecule has 0 aliphatic carbocycles. The summed E-state index contributed by atoms with van der Waals surface area (Å²) in [4.78, 5) is 7.26. The van der Waals surface area contributed by atoms with Gasteiger partial charge in [-0.2, -0.15) is 0 Å². The SMILES string of the molecule is c1ccc(-c2cccc(N(c3ccc(-c4ccccc4)c(-c4cccc5ccccc45)c3)c3cnc4oc5cc6ccccc6cc5c4c3)c2)cc1. The fraction of sp³-hybridized carbons (Fsp3) is 0. The highest BCUT2D eigenvalue weighted by atomic mass is 16.3. The van der Waals surface area contributed by atoms with Gasteiger partial charge in [0.2, 0.25) is 5.71 Å². The molecule has 0 aliphatic heterocycles. The van der Waals surface area contributed by atoms with E-state index < -0.39 is 0 Å². The summed E-state index contributed by atoms with van der Waals surface area (Å²) < 4.78 is 6.34. The van der Waals surface area contributed by atoms with Crippen molar-refractivity contribution in [1.29, 1.82) is 0 Å². The Hall–Kier alpha value is -6.97. The molecule has 0 saturated carbocycles. The number of furan rings is 1. The predicted molar refractivity (Wildman–Crippen MR) is 218 cm³/mol. The Balaban J connectivity index is 1.23. The van der Waals surface area contributed by atoms with Crippen molar-refractivity contribution >= 4 is 60.7 Å². The summed E-state index contributed by atoms with van der Waals surface area (Å²) in [7, 11) is 0. The minimum absolute atomic E-state index is 0.628. The Labute approximate surface area is 301 Å². The van der Waals surface area contributed by atoms with Crippen LogP contribution in [-0.4, -0.2) is 4.98 Å². The van der Waals surface area contributed by atoms with Crippen LogP contribution in [0.2, 0.25) is 0 Å². The first kappa shape index (κ1) is 29.9. The van der Waals surface area contributed by atoms with Gasteiger partial charge < -0.3 is 9.32 Å². The van der Waals surface area contributed by atoms with Crippen molar-refractivity contribution in [2.24, 2.45) is 0 Å². The Morgan fingerprint density at radius 2 is 1.02 bits per heavy atom. The molecule has 10 rings (SSSR count). The van der Waals surface area contributed by atoms with Crippen molar-refractivity contribution in [3.8, 4) is 33.4 Å². The molecular weight excluding hydrogens is 633 g/mol. The highest BCUT2D eigenvalue weighted by Gasteiger charge is 2.20. The number of aromatic nitrogens is 1. The van der Waals surface area contributed by atoms with E-state index >= 15 is 0 Å². The lowest BCUT2D eigenvalue weighted by atomic mass is 9.90. The Morgan fingerprint density at radius 1 is 0.365 bits per heavy atom. The van der Waals surface area contributed by atoms with Crippen LogP contribution in [-0.2, 0) is 0 Å². The lowest BCUT2D eigenvalue weighted by Gasteiger charge is -2.27. The van der Waals surface area contributed by atoms with Crippen molar-refractivity contribution in [2.45, 2.75) is 0 Å². The first-order valence-corrected chi connectivity index (χ1v) is 17.6. The van der Waals surface area contributed by atoms with Crippen LogP contribution in [0.25, 0.3) is 77.0 Å². The van der Waals surface area contributed by atoms with E-state index in [0.717, 1.165) is 44.4 Å². The van der Waals surface area contributed by atoms with Crippen LogP contribution in [0.15, 0.2) is 199 Å². The molecule has 2 aromatic heterocycles. The number of anilines is 3. The van der Waals surface area contributed by atoms with Crippen LogP contribution in [0.5, 0.6) is 0 Å². The van der Waals surface area contributed by atoms with Crippen LogP contribution in [0.1, 0.15) is 0 Å². The van der Waals surface area contributed by atoms with Crippen molar-refractivity contribution < 1.29 is 4.42 Å². The van der Waals surface area contributed by atoms with Crippen molar-refractivity contribution in [1.82, 2.24) is 4.98 Å². The molecule has 0 amide bonds. The third-order valence-corrected chi connectivity index (χ3v) is 10.1. The Morgan fingerprint density at radius 3 is 1.85 bits per heavy atom. The molecule has 0 radical (unpaired) electrons. The van der Waals surface area contributed by atoms with Gasteiger partial charge in [-0.05, 0) is 97.4 Å². The van der Waals surface area contributed by atoms with E-state index in [2.05, 4.69) is 193 Å². The molecule has 0 atom stereocenters. The van der Waals surface area contributed by atoms with Gasteiger partial charge in [0.25, 0.3) is 0 Å². The second kappa shape index (κ2) is 12.4. The maximum Gasteiger partial charge on any atom is 0.227 e. The molecule has 10 aromatic rings. The number of nitrogens with zero attached hydrogens (tertiary/aromatic N) is 2. The molecule has 8 aromatic carbocycles. The molecule has 0 unspecified atom stereocenters. The number of hydrogen-bond donors (Lipinski definition) is 0. The summed E-state index contributed by atoms with van der Waals surface area (Å²) in [5.41, 5.74) is 11.5. The quantitative estimate of drug-likeness (QED) is 0.177. The van der Waals surface area contributed by atoms with Gasteiger partial charge in [0.05, 0.1) is 17.3 Å². The summed E-state index contributed by atoms with van der Waals surface area (Å²) >= 11 is 0. The Kier molecular flexibility index (Phi) is 7.14.